The van der Waals surface area contributed by atoms with Gasteiger partial charge in [0.05, 0.1) is 18.0 Å². The van der Waals surface area contributed by atoms with Gasteiger partial charge in [-0.1, -0.05) is 13.0 Å². The summed E-state index contributed by atoms with van der Waals surface area (Å²) in [6, 6.07) is 3.78. The van der Waals surface area contributed by atoms with Crippen LogP contribution in [0.15, 0.2) is 18.2 Å². The highest BCUT2D eigenvalue weighted by molar-refractivity contribution is 5.72. The summed E-state index contributed by atoms with van der Waals surface area (Å²) in [6.45, 7) is 2.57. The summed E-state index contributed by atoms with van der Waals surface area (Å²) in [6.07, 6.45) is 0. The number of nitro benzene ring substituents is 1. The van der Waals surface area contributed by atoms with Crippen LogP contribution < -0.4 is 0 Å². The van der Waals surface area contributed by atoms with E-state index < -0.39 is 16.4 Å². The number of nitro groups is 1. The number of esters is 1. The van der Waals surface area contributed by atoms with Crippen LogP contribution in [0.2, 0.25) is 0 Å². The first kappa shape index (κ1) is 16.0. The molecular formula is C13H17FN2O4. The molecule has 0 saturated heterocycles. The largest absolute Gasteiger partial charge is 0.469 e. The molecule has 7 heteroatoms. The van der Waals surface area contributed by atoms with Gasteiger partial charge in [-0.05, 0) is 18.7 Å². The Bertz CT molecular complexity index is 507. The van der Waals surface area contributed by atoms with Crippen LogP contribution in [0.1, 0.15) is 12.5 Å². The van der Waals surface area contributed by atoms with Gasteiger partial charge in [-0.2, -0.15) is 4.39 Å². The number of hydrogen-bond acceptors (Lipinski definition) is 5. The minimum Gasteiger partial charge on any atom is -0.469 e. The first-order valence-electron chi connectivity index (χ1n) is 6.04. The van der Waals surface area contributed by atoms with Crippen molar-refractivity contribution in [1.82, 2.24) is 4.90 Å². The van der Waals surface area contributed by atoms with Crippen LogP contribution >= 0.6 is 0 Å². The molecule has 0 spiro atoms. The number of ether oxygens (including phenoxy) is 1. The Morgan fingerprint density at radius 1 is 1.55 bits per heavy atom. The van der Waals surface area contributed by atoms with Gasteiger partial charge in [0, 0.05) is 19.2 Å². The van der Waals surface area contributed by atoms with Gasteiger partial charge in [0.15, 0.2) is 0 Å². The maximum Gasteiger partial charge on any atom is 0.309 e. The standard InChI is InChI=1S/C13H17FN2O4/c1-9(13(17)20-3)7-15(2)8-10-4-5-12(16(18)19)11(14)6-10/h4-6,9H,7-8H2,1-3H3. The van der Waals surface area contributed by atoms with Crippen molar-refractivity contribution in [3.05, 3.63) is 39.7 Å². The zero-order valence-corrected chi connectivity index (χ0v) is 11.6. The van der Waals surface area contributed by atoms with Crippen molar-refractivity contribution in [3.8, 4) is 0 Å². The van der Waals surface area contributed by atoms with E-state index in [4.69, 9.17) is 0 Å². The van der Waals surface area contributed by atoms with E-state index in [2.05, 4.69) is 4.74 Å². The number of benzene rings is 1. The molecule has 0 fully saturated rings. The number of rotatable bonds is 6. The summed E-state index contributed by atoms with van der Waals surface area (Å²) in [5.74, 6) is -1.47. The number of hydrogen-bond donors (Lipinski definition) is 0. The van der Waals surface area contributed by atoms with Crippen LogP contribution in [0.3, 0.4) is 0 Å². The molecule has 6 nitrogen and oxygen atoms in total. The molecule has 0 aliphatic rings. The normalized spacial score (nSPS) is 12.2. The Hall–Kier alpha value is -2.02. The molecule has 0 amide bonds. The molecule has 0 N–H and O–H groups in total. The third-order valence-corrected chi connectivity index (χ3v) is 2.85. The fourth-order valence-corrected chi connectivity index (χ4v) is 1.92. The summed E-state index contributed by atoms with van der Waals surface area (Å²) in [5.41, 5.74) is 0.0620. The fourth-order valence-electron chi connectivity index (χ4n) is 1.92. The molecule has 0 aliphatic heterocycles. The van der Waals surface area contributed by atoms with E-state index in [-0.39, 0.29) is 11.9 Å². The van der Waals surface area contributed by atoms with E-state index in [9.17, 15) is 19.3 Å². The molecule has 110 valence electrons. The Morgan fingerprint density at radius 3 is 2.70 bits per heavy atom. The highest BCUT2D eigenvalue weighted by atomic mass is 19.1. The maximum atomic E-state index is 13.5. The third-order valence-electron chi connectivity index (χ3n) is 2.85. The lowest BCUT2D eigenvalue weighted by Crippen LogP contribution is -2.29. The van der Waals surface area contributed by atoms with Gasteiger partial charge in [-0.15, -0.1) is 0 Å². The first-order valence-corrected chi connectivity index (χ1v) is 6.04. The van der Waals surface area contributed by atoms with Gasteiger partial charge in [-0.3, -0.25) is 14.9 Å². The summed E-state index contributed by atoms with van der Waals surface area (Å²) in [4.78, 5) is 22.9. The molecule has 1 unspecified atom stereocenters. The van der Waals surface area contributed by atoms with Crippen LogP contribution in [0.5, 0.6) is 0 Å². The summed E-state index contributed by atoms with van der Waals surface area (Å²) < 4.78 is 18.1. The van der Waals surface area contributed by atoms with Crippen molar-refractivity contribution in [2.24, 2.45) is 5.92 Å². The molecule has 1 aromatic rings. The van der Waals surface area contributed by atoms with Gasteiger partial charge in [0.1, 0.15) is 0 Å². The maximum absolute atomic E-state index is 13.5. The summed E-state index contributed by atoms with van der Waals surface area (Å²) in [7, 11) is 3.10. The number of carbonyl (C=O) groups excluding carboxylic acids is 1. The van der Waals surface area contributed by atoms with E-state index >= 15 is 0 Å². The minimum absolute atomic E-state index is 0.298. The van der Waals surface area contributed by atoms with Crippen molar-refractivity contribution < 1.29 is 18.8 Å². The quantitative estimate of drug-likeness (QED) is 0.453. The average molecular weight is 284 g/mol. The lowest BCUT2D eigenvalue weighted by Gasteiger charge is -2.19. The van der Waals surface area contributed by atoms with Crippen LogP contribution in [0, 0.1) is 21.8 Å². The Labute approximate surface area is 116 Å². The van der Waals surface area contributed by atoms with E-state index in [0.29, 0.717) is 18.7 Å². The molecule has 1 aromatic carbocycles. The van der Waals surface area contributed by atoms with Gasteiger partial charge >= 0.3 is 11.7 Å². The lowest BCUT2D eigenvalue weighted by atomic mass is 10.1. The van der Waals surface area contributed by atoms with Crippen molar-refractivity contribution in [1.29, 1.82) is 0 Å². The van der Waals surface area contributed by atoms with Crippen molar-refractivity contribution in [2.45, 2.75) is 13.5 Å². The van der Waals surface area contributed by atoms with Gasteiger partial charge < -0.3 is 9.64 Å². The minimum atomic E-state index is -0.859. The molecule has 1 rings (SSSR count). The Balaban J connectivity index is 2.67. The highest BCUT2D eigenvalue weighted by Crippen LogP contribution is 2.19. The van der Waals surface area contributed by atoms with E-state index in [1.54, 1.807) is 14.0 Å². The molecule has 0 aliphatic carbocycles. The van der Waals surface area contributed by atoms with Crippen molar-refractivity contribution in [2.75, 3.05) is 20.7 Å². The smallest absolute Gasteiger partial charge is 0.309 e. The molecule has 0 heterocycles. The second-order valence-electron chi connectivity index (χ2n) is 4.66. The van der Waals surface area contributed by atoms with Crippen molar-refractivity contribution >= 4 is 11.7 Å². The van der Waals surface area contributed by atoms with Crippen LogP contribution in [0.25, 0.3) is 0 Å². The predicted molar refractivity (Wildman–Crippen MR) is 70.6 cm³/mol. The fraction of sp³-hybridized carbons (Fsp3) is 0.462. The average Bonchev–Trinajstić information content (AvgIpc) is 2.37. The zero-order chi connectivity index (χ0) is 15.3. The first-order chi connectivity index (χ1) is 9.35. The highest BCUT2D eigenvalue weighted by Gasteiger charge is 2.17. The number of methoxy groups -OCH3 is 1. The van der Waals surface area contributed by atoms with Crippen LogP contribution in [0.4, 0.5) is 10.1 Å². The molecule has 0 aromatic heterocycles. The molecule has 20 heavy (non-hydrogen) atoms. The number of carbonyl (C=O) groups is 1. The van der Waals surface area contributed by atoms with Crippen LogP contribution in [-0.4, -0.2) is 36.5 Å². The van der Waals surface area contributed by atoms with E-state index in [1.165, 1.54) is 13.2 Å². The molecule has 1 atom stereocenters. The molecular weight excluding hydrogens is 267 g/mol. The van der Waals surface area contributed by atoms with E-state index in [1.807, 2.05) is 4.90 Å². The van der Waals surface area contributed by atoms with Gasteiger partial charge in [0.2, 0.25) is 5.82 Å². The number of halogens is 1. The van der Waals surface area contributed by atoms with Crippen LogP contribution in [-0.2, 0) is 16.1 Å². The molecule has 0 saturated carbocycles. The van der Waals surface area contributed by atoms with E-state index in [0.717, 1.165) is 12.1 Å². The zero-order valence-electron chi connectivity index (χ0n) is 11.6. The van der Waals surface area contributed by atoms with Gasteiger partial charge in [-0.25, -0.2) is 0 Å². The molecule has 0 radical (unpaired) electrons. The topological polar surface area (TPSA) is 72.7 Å². The SMILES string of the molecule is COC(=O)C(C)CN(C)Cc1ccc([N+](=O)[O-])c(F)c1. The van der Waals surface area contributed by atoms with Crippen molar-refractivity contribution in [3.63, 3.8) is 0 Å². The number of nitrogens with zero attached hydrogens (tertiary/aromatic N) is 2. The summed E-state index contributed by atoms with van der Waals surface area (Å²) in [5, 5.41) is 10.5. The molecule has 0 bridgehead atoms. The predicted octanol–water partition coefficient (Wildman–Crippen LogP) is 1.97. The van der Waals surface area contributed by atoms with Gasteiger partial charge in [0.25, 0.3) is 0 Å². The second kappa shape index (κ2) is 6.95. The summed E-state index contributed by atoms with van der Waals surface area (Å²) >= 11 is 0. The lowest BCUT2D eigenvalue weighted by molar-refractivity contribution is -0.387. The second-order valence-corrected chi connectivity index (χ2v) is 4.66. The third kappa shape index (κ3) is 4.27. The Kier molecular flexibility index (Phi) is 5.57. The Morgan fingerprint density at radius 2 is 2.20 bits per heavy atom. The monoisotopic (exact) mass is 284 g/mol.